The highest BCUT2D eigenvalue weighted by molar-refractivity contribution is 5.99. The third-order valence-corrected chi connectivity index (χ3v) is 2.86. The topological polar surface area (TPSA) is 87.6 Å². The SMILES string of the molecule is O=C(Nc1ccc(Cn2cccn2)cc1)Nc1ccn[nH]1. The van der Waals surface area contributed by atoms with Crippen molar-refractivity contribution in [3.05, 3.63) is 60.6 Å². The molecule has 0 aliphatic carbocycles. The molecule has 3 rings (SSSR count). The van der Waals surface area contributed by atoms with Crippen LogP contribution in [0, 0.1) is 0 Å². The van der Waals surface area contributed by atoms with E-state index in [2.05, 4.69) is 25.9 Å². The molecule has 0 aliphatic heterocycles. The summed E-state index contributed by atoms with van der Waals surface area (Å²) >= 11 is 0. The summed E-state index contributed by atoms with van der Waals surface area (Å²) in [6, 6.07) is 10.8. The Morgan fingerprint density at radius 1 is 1.14 bits per heavy atom. The smallest absolute Gasteiger partial charge is 0.308 e. The lowest BCUT2D eigenvalue weighted by Gasteiger charge is -2.07. The maximum absolute atomic E-state index is 11.7. The van der Waals surface area contributed by atoms with Crippen molar-refractivity contribution < 1.29 is 4.79 Å². The Balaban J connectivity index is 1.58. The standard InChI is InChI=1S/C14H14N6O/c21-14(18-13-6-8-15-19-13)17-12-4-2-11(3-5-12)10-20-9-1-7-16-20/h1-9H,10H2,(H3,15,17,18,19,21). The lowest BCUT2D eigenvalue weighted by atomic mass is 10.2. The van der Waals surface area contributed by atoms with Crippen LogP contribution in [-0.2, 0) is 6.54 Å². The first-order chi connectivity index (χ1) is 10.3. The molecule has 7 heteroatoms. The summed E-state index contributed by atoms with van der Waals surface area (Å²) < 4.78 is 1.84. The van der Waals surface area contributed by atoms with Gasteiger partial charge in [-0.1, -0.05) is 12.1 Å². The highest BCUT2D eigenvalue weighted by Gasteiger charge is 2.03. The molecule has 0 saturated carbocycles. The molecule has 0 saturated heterocycles. The van der Waals surface area contributed by atoms with Crippen molar-refractivity contribution in [2.45, 2.75) is 6.54 Å². The second kappa shape index (κ2) is 5.91. The number of hydrogen-bond donors (Lipinski definition) is 3. The van der Waals surface area contributed by atoms with Crippen LogP contribution >= 0.6 is 0 Å². The van der Waals surface area contributed by atoms with Crippen molar-refractivity contribution in [1.29, 1.82) is 0 Å². The van der Waals surface area contributed by atoms with E-state index in [4.69, 9.17) is 0 Å². The number of amides is 2. The van der Waals surface area contributed by atoms with Gasteiger partial charge >= 0.3 is 6.03 Å². The maximum atomic E-state index is 11.7. The van der Waals surface area contributed by atoms with Gasteiger partial charge in [-0.3, -0.25) is 15.1 Å². The molecule has 0 aliphatic rings. The lowest BCUT2D eigenvalue weighted by molar-refractivity contribution is 0.262. The Morgan fingerprint density at radius 2 is 2.00 bits per heavy atom. The van der Waals surface area contributed by atoms with Gasteiger partial charge in [0.1, 0.15) is 5.82 Å². The number of carbonyl (C=O) groups is 1. The van der Waals surface area contributed by atoms with Gasteiger partial charge in [0, 0.05) is 24.1 Å². The van der Waals surface area contributed by atoms with Gasteiger partial charge in [-0.15, -0.1) is 0 Å². The summed E-state index contributed by atoms with van der Waals surface area (Å²) in [5.41, 5.74) is 1.83. The number of anilines is 2. The van der Waals surface area contributed by atoms with E-state index in [0.717, 1.165) is 11.3 Å². The Bertz CT molecular complexity index is 688. The molecule has 0 bridgehead atoms. The summed E-state index contributed by atoms with van der Waals surface area (Å²) in [5, 5.41) is 15.9. The van der Waals surface area contributed by atoms with Gasteiger partial charge in [0.2, 0.25) is 0 Å². The Labute approximate surface area is 121 Å². The summed E-state index contributed by atoms with van der Waals surface area (Å²) in [4.78, 5) is 11.7. The molecule has 0 unspecified atom stereocenters. The van der Waals surface area contributed by atoms with Crippen molar-refractivity contribution in [1.82, 2.24) is 20.0 Å². The molecule has 0 radical (unpaired) electrons. The third-order valence-electron chi connectivity index (χ3n) is 2.86. The molecule has 7 nitrogen and oxygen atoms in total. The number of nitrogens with zero attached hydrogens (tertiary/aromatic N) is 3. The van der Waals surface area contributed by atoms with Crippen LogP contribution in [0.4, 0.5) is 16.3 Å². The van der Waals surface area contributed by atoms with Gasteiger partial charge in [-0.2, -0.15) is 10.2 Å². The van der Waals surface area contributed by atoms with E-state index in [9.17, 15) is 4.79 Å². The molecule has 2 amide bonds. The number of benzene rings is 1. The van der Waals surface area contributed by atoms with Gasteiger partial charge in [-0.05, 0) is 23.8 Å². The van der Waals surface area contributed by atoms with Gasteiger partial charge in [-0.25, -0.2) is 4.79 Å². The molecular formula is C14H14N6O. The Kier molecular flexibility index (Phi) is 3.64. The summed E-state index contributed by atoms with van der Waals surface area (Å²) in [5.74, 6) is 0.544. The first-order valence-electron chi connectivity index (χ1n) is 6.43. The maximum Gasteiger partial charge on any atom is 0.324 e. The molecule has 0 fully saturated rings. The van der Waals surface area contributed by atoms with Crippen LogP contribution in [0.2, 0.25) is 0 Å². The summed E-state index contributed by atoms with van der Waals surface area (Å²) in [7, 11) is 0. The molecule has 3 N–H and O–H groups in total. The van der Waals surface area contributed by atoms with Crippen molar-refractivity contribution >= 4 is 17.5 Å². The first kappa shape index (κ1) is 12.9. The van der Waals surface area contributed by atoms with Crippen LogP contribution in [0.1, 0.15) is 5.56 Å². The van der Waals surface area contributed by atoms with Gasteiger partial charge < -0.3 is 5.32 Å². The van der Waals surface area contributed by atoms with E-state index in [0.29, 0.717) is 12.4 Å². The molecule has 106 valence electrons. The number of hydrogen-bond acceptors (Lipinski definition) is 3. The Morgan fingerprint density at radius 3 is 2.67 bits per heavy atom. The molecule has 0 spiro atoms. The zero-order valence-corrected chi connectivity index (χ0v) is 11.2. The number of H-pyrrole nitrogens is 1. The van der Waals surface area contributed by atoms with Crippen LogP contribution in [0.25, 0.3) is 0 Å². The van der Waals surface area contributed by atoms with Gasteiger partial charge in [0.15, 0.2) is 0 Å². The molecule has 2 heterocycles. The number of rotatable bonds is 4. The predicted molar refractivity (Wildman–Crippen MR) is 79.0 cm³/mol. The zero-order valence-electron chi connectivity index (χ0n) is 11.2. The summed E-state index contributed by atoms with van der Waals surface area (Å²) in [6.45, 7) is 0.702. The average molecular weight is 282 g/mol. The van der Waals surface area contributed by atoms with Crippen LogP contribution in [0.5, 0.6) is 0 Å². The molecule has 0 atom stereocenters. The minimum absolute atomic E-state index is 0.320. The average Bonchev–Trinajstić information content (AvgIpc) is 3.14. The van der Waals surface area contributed by atoms with Crippen LogP contribution in [-0.4, -0.2) is 26.0 Å². The molecule has 2 aromatic heterocycles. The fourth-order valence-corrected chi connectivity index (χ4v) is 1.88. The predicted octanol–water partition coefficient (Wildman–Crippen LogP) is 2.30. The molecule has 21 heavy (non-hydrogen) atoms. The quantitative estimate of drug-likeness (QED) is 0.686. The Hall–Kier alpha value is -3.09. The van der Waals surface area contributed by atoms with Crippen molar-refractivity contribution in [2.24, 2.45) is 0 Å². The van der Waals surface area contributed by atoms with E-state index in [1.165, 1.54) is 0 Å². The fourth-order valence-electron chi connectivity index (χ4n) is 1.88. The number of aromatic nitrogens is 4. The van der Waals surface area contributed by atoms with Crippen LogP contribution in [0.3, 0.4) is 0 Å². The van der Waals surface area contributed by atoms with Crippen LogP contribution in [0.15, 0.2) is 55.0 Å². The second-order valence-electron chi connectivity index (χ2n) is 4.45. The van der Waals surface area contributed by atoms with E-state index < -0.39 is 0 Å². The van der Waals surface area contributed by atoms with E-state index in [1.54, 1.807) is 18.5 Å². The summed E-state index contributed by atoms with van der Waals surface area (Å²) in [6.07, 6.45) is 5.22. The normalized spacial score (nSPS) is 10.3. The zero-order chi connectivity index (χ0) is 14.5. The largest absolute Gasteiger partial charge is 0.324 e. The van der Waals surface area contributed by atoms with Gasteiger partial charge in [0.05, 0.1) is 12.7 Å². The minimum Gasteiger partial charge on any atom is -0.308 e. The molecule has 3 aromatic rings. The molecular weight excluding hydrogens is 268 g/mol. The van der Waals surface area contributed by atoms with Crippen molar-refractivity contribution in [2.75, 3.05) is 10.6 Å². The second-order valence-corrected chi connectivity index (χ2v) is 4.45. The number of urea groups is 1. The number of nitrogens with one attached hydrogen (secondary N) is 3. The van der Waals surface area contributed by atoms with E-state index in [-0.39, 0.29) is 6.03 Å². The van der Waals surface area contributed by atoms with Crippen molar-refractivity contribution in [3.8, 4) is 0 Å². The van der Waals surface area contributed by atoms with E-state index in [1.807, 2.05) is 41.2 Å². The lowest BCUT2D eigenvalue weighted by Crippen LogP contribution is -2.19. The number of aromatic amines is 1. The minimum atomic E-state index is -0.320. The van der Waals surface area contributed by atoms with Gasteiger partial charge in [0.25, 0.3) is 0 Å². The highest BCUT2D eigenvalue weighted by atomic mass is 16.2. The third kappa shape index (κ3) is 3.47. The highest BCUT2D eigenvalue weighted by Crippen LogP contribution is 2.11. The fraction of sp³-hybridized carbons (Fsp3) is 0.0714. The molecule has 1 aromatic carbocycles. The number of carbonyl (C=O) groups excluding carboxylic acids is 1. The van der Waals surface area contributed by atoms with E-state index >= 15 is 0 Å². The first-order valence-corrected chi connectivity index (χ1v) is 6.43. The monoisotopic (exact) mass is 282 g/mol. The van der Waals surface area contributed by atoms with Crippen molar-refractivity contribution in [3.63, 3.8) is 0 Å². The van der Waals surface area contributed by atoms with Crippen LogP contribution < -0.4 is 10.6 Å².